The lowest BCUT2D eigenvalue weighted by atomic mass is 10.1. The van der Waals surface area contributed by atoms with Gasteiger partial charge in [-0.25, -0.2) is 9.67 Å². The molecular weight excluding hydrogens is 338 g/mol. The number of anilines is 2. The van der Waals surface area contributed by atoms with Gasteiger partial charge in [0.2, 0.25) is 0 Å². The molecule has 0 spiro atoms. The maximum Gasteiger partial charge on any atom is 0.145 e. The highest BCUT2D eigenvalue weighted by molar-refractivity contribution is 5.56. The Morgan fingerprint density at radius 2 is 1.89 bits per heavy atom. The minimum atomic E-state index is 0.352. The highest BCUT2D eigenvalue weighted by atomic mass is 15.3. The molecule has 3 aromatic rings. The van der Waals surface area contributed by atoms with E-state index < -0.39 is 0 Å². The van der Waals surface area contributed by atoms with Crippen LogP contribution in [-0.2, 0) is 6.42 Å². The molecule has 0 radical (unpaired) electrons. The van der Waals surface area contributed by atoms with Crippen molar-refractivity contribution in [2.45, 2.75) is 19.8 Å². The zero-order valence-electron chi connectivity index (χ0n) is 15.0. The lowest BCUT2D eigenvalue weighted by molar-refractivity contribution is 0.789. The Labute approximate surface area is 157 Å². The van der Waals surface area contributed by atoms with Crippen molar-refractivity contribution in [3.63, 3.8) is 0 Å². The summed E-state index contributed by atoms with van der Waals surface area (Å²) in [5.74, 6) is 1.01. The second-order valence-corrected chi connectivity index (χ2v) is 6.07. The molecule has 0 saturated heterocycles. The van der Waals surface area contributed by atoms with Gasteiger partial charge in [-0.1, -0.05) is 24.3 Å². The van der Waals surface area contributed by atoms with E-state index in [1.54, 1.807) is 4.68 Å². The maximum atomic E-state index is 9.44. The topological polar surface area (TPSA) is 116 Å². The summed E-state index contributed by atoms with van der Waals surface area (Å²) in [6.45, 7) is 2.50. The fourth-order valence-corrected chi connectivity index (χ4v) is 2.75. The molecule has 2 heterocycles. The van der Waals surface area contributed by atoms with E-state index in [0.29, 0.717) is 41.6 Å². The predicted octanol–water partition coefficient (Wildman–Crippen LogP) is 2.95. The zero-order valence-corrected chi connectivity index (χ0v) is 15.0. The third-order valence-corrected chi connectivity index (χ3v) is 4.21. The van der Waals surface area contributed by atoms with E-state index >= 15 is 0 Å². The van der Waals surface area contributed by atoms with Gasteiger partial charge < -0.3 is 11.1 Å². The Bertz CT molecular complexity index is 1020. The minimum Gasteiger partial charge on any atom is -0.382 e. The Morgan fingerprint density at radius 1 is 1.11 bits per heavy atom. The SMILES string of the molecule is Cc1ccc(NCCCc2nn(-c3ccccc3)c(N)c2C#N)nc1C#N. The van der Waals surface area contributed by atoms with Gasteiger partial charge in [0.15, 0.2) is 0 Å². The molecule has 0 atom stereocenters. The molecular formula is C20H19N7. The Morgan fingerprint density at radius 3 is 2.59 bits per heavy atom. The summed E-state index contributed by atoms with van der Waals surface area (Å²) < 4.78 is 1.60. The molecule has 0 aliphatic rings. The van der Waals surface area contributed by atoms with Gasteiger partial charge in [-0.3, -0.25) is 0 Å². The molecule has 3 N–H and O–H groups in total. The highest BCUT2D eigenvalue weighted by Gasteiger charge is 2.16. The zero-order chi connectivity index (χ0) is 19.2. The Hall–Kier alpha value is -3.84. The predicted molar refractivity (Wildman–Crippen MR) is 103 cm³/mol. The van der Waals surface area contributed by atoms with E-state index in [9.17, 15) is 5.26 Å². The summed E-state index contributed by atoms with van der Waals surface area (Å²) in [5, 5.41) is 26.2. The van der Waals surface area contributed by atoms with Crippen LogP contribution in [0.5, 0.6) is 0 Å². The van der Waals surface area contributed by atoms with Crippen molar-refractivity contribution in [1.82, 2.24) is 14.8 Å². The van der Waals surface area contributed by atoms with E-state index in [4.69, 9.17) is 11.0 Å². The van der Waals surface area contributed by atoms with Crippen LogP contribution in [0.3, 0.4) is 0 Å². The lowest BCUT2D eigenvalue weighted by Gasteiger charge is -2.06. The first-order valence-electron chi connectivity index (χ1n) is 8.58. The van der Waals surface area contributed by atoms with Crippen molar-refractivity contribution in [3.05, 3.63) is 65.0 Å². The molecule has 0 unspecified atom stereocenters. The summed E-state index contributed by atoms with van der Waals surface area (Å²) in [4.78, 5) is 4.26. The summed E-state index contributed by atoms with van der Waals surface area (Å²) in [6, 6.07) is 17.4. The number of hydrogen-bond acceptors (Lipinski definition) is 6. The van der Waals surface area contributed by atoms with Gasteiger partial charge in [-0.15, -0.1) is 0 Å². The van der Waals surface area contributed by atoms with Gasteiger partial charge >= 0.3 is 0 Å². The summed E-state index contributed by atoms with van der Waals surface area (Å²) in [5.41, 5.74) is 9.29. The number of hydrogen-bond donors (Lipinski definition) is 2. The quantitative estimate of drug-likeness (QED) is 0.655. The monoisotopic (exact) mass is 357 g/mol. The normalized spacial score (nSPS) is 10.2. The number of nitrogen functional groups attached to an aromatic ring is 1. The molecule has 2 aromatic heterocycles. The van der Waals surface area contributed by atoms with E-state index in [0.717, 1.165) is 17.7 Å². The van der Waals surface area contributed by atoms with Crippen LogP contribution < -0.4 is 11.1 Å². The van der Waals surface area contributed by atoms with E-state index in [1.165, 1.54) is 0 Å². The fraction of sp³-hybridized carbons (Fsp3) is 0.200. The highest BCUT2D eigenvalue weighted by Crippen LogP contribution is 2.21. The van der Waals surface area contributed by atoms with Crippen LogP contribution in [0.25, 0.3) is 5.69 Å². The lowest BCUT2D eigenvalue weighted by Crippen LogP contribution is -2.06. The Kier molecular flexibility index (Phi) is 5.34. The summed E-state index contributed by atoms with van der Waals surface area (Å²) >= 11 is 0. The molecule has 7 heteroatoms. The van der Waals surface area contributed by atoms with E-state index in [2.05, 4.69) is 27.5 Å². The number of nitrogens with one attached hydrogen (secondary N) is 1. The number of nitrogens with zero attached hydrogens (tertiary/aromatic N) is 5. The number of para-hydroxylation sites is 1. The van der Waals surface area contributed by atoms with Gasteiger partial charge in [0.1, 0.15) is 35.0 Å². The summed E-state index contributed by atoms with van der Waals surface area (Å²) in [6.07, 6.45) is 1.36. The third-order valence-electron chi connectivity index (χ3n) is 4.21. The molecule has 0 bridgehead atoms. The van der Waals surface area contributed by atoms with Crippen LogP contribution in [0.2, 0.25) is 0 Å². The van der Waals surface area contributed by atoms with Crippen molar-refractivity contribution in [1.29, 1.82) is 10.5 Å². The first-order valence-corrected chi connectivity index (χ1v) is 8.58. The average molecular weight is 357 g/mol. The number of aromatic nitrogens is 3. The van der Waals surface area contributed by atoms with Crippen molar-refractivity contribution >= 4 is 11.6 Å². The second-order valence-electron chi connectivity index (χ2n) is 6.07. The molecule has 1 aromatic carbocycles. The van der Waals surface area contributed by atoms with Crippen LogP contribution in [-0.4, -0.2) is 21.3 Å². The molecule has 0 aliphatic heterocycles. The van der Waals surface area contributed by atoms with E-state index in [1.807, 2.05) is 49.4 Å². The molecule has 0 aliphatic carbocycles. The van der Waals surface area contributed by atoms with Crippen LogP contribution >= 0.6 is 0 Å². The Balaban J connectivity index is 1.67. The number of pyridine rings is 1. The van der Waals surface area contributed by atoms with E-state index in [-0.39, 0.29) is 0 Å². The molecule has 0 saturated carbocycles. The van der Waals surface area contributed by atoms with Gasteiger partial charge in [-0.2, -0.15) is 15.6 Å². The number of benzene rings is 1. The largest absolute Gasteiger partial charge is 0.382 e. The molecule has 27 heavy (non-hydrogen) atoms. The second kappa shape index (κ2) is 8.03. The molecule has 0 amide bonds. The minimum absolute atomic E-state index is 0.352. The smallest absolute Gasteiger partial charge is 0.145 e. The number of rotatable bonds is 6. The molecule has 3 rings (SSSR count). The molecule has 7 nitrogen and oxygen atoms in total. The molecule has 134 valence electrons. The fourth-order valence-electron chi connectivity index (χ4n) is 2.75. The number of aryl methyl sites for hydroxylation is 2. The van der Waals surface area contributed by atoms with Crippen molar-refractivity contribution in [2.75, 3.05) is 17.6 Å². The van der Waals surface area contributed by atoms with Crippen LogP contribution in [0.4, 0.5) is 11.6 Å². The van der Waals surface area contributed by atoms with Crippen molar-refractivity contribution < 1.29 is 0 Å². The van der Waals surface area contributed by atoms with Gasteiger partial charge in [0, 0.05) is 6.54 Å². The van der Waals surface area contributed by atoms with Gasteiger partial charge in [-0.05, 0) is 43.5 Å². The van der Waals surface area contributed by atoms with Crippen LogP contribution in [0, 0.1) is 29.6 Å². The number of nitrogens with two attached hydrogens (primary N) is 1. The maximum absolute atomic E-state index is 9.44. The summed E-state index contributed by atoms with van der Waals surface area (Å²) in [7, 11) is 0. The van der Waals surface area contributed by atoms with Crippen LogP contribution in [0.1, 0.15) is 28.9 Å². The number of nitriles is 2. The standard InChI is InChI=1S/C20H19N7/c1-14-9-10-19(25-18(14)13-22)24-11-5-8-17-16(12-21)20(23)27(26-17)15-6-3-2-4-7-15/h2-4,6-7,9-10H,5,8,11,23H2,1H3,(H,24,25). The first-order chi connectivity index (χ1) is 13.1. The van der Waals surface area contributed by atoms with Gasteiger partial charge in [0.05, 0.1) is 11.4 Å². The van der Waals surface area contributed by atoms with Gasteiger partial charge in [0.25, 0.3) is 0 Å². The van der Waals surface area contributed by atoms with Crippen LogP contribution in [0.15, 0.2) is 42.5 Å². The van der Waals surface area contributed by atoms with Crippen molar-refractivity contribution in [3.8, 4) is 17.8 Å². The van der Waals surface area contributed by atoms with Crippen molar-refractivity contribution in [2.24, 2.45) is 0 Å². The first kappa shape index (κ1) is 18.0. The average Bonchev–Trinajstić information content (AvgIpc) is 3.02. The third kappa shape index (κ3) is 3.88. The molecule has 0 fully saturated rings.